The third kappa shape index (κ3) is 4.40. The maximum absolute atomic E-state index is 12.2. The van der Waals surface area contributed by atoms with Crippen LogP contribution in [0.15, 0.2) is 35.4 Å². The van der Waals surface area contributed by atoms with Crippen molar-refractivity contribution in [2.24, 2.45) is 11.5 Å². The highest BCUT2D eigenvalue weighted by Gasteiger charge is 2.28. The number of benzene rings is 1. The number of nitrogens with two attached hydrogens (primary N) is 2. The number of hydrogen-bond acceptors (Lipinski definition) is 7. The molecule has 1 aliphatic heterocycles. The fraction of sp³-hybridized carbons (Fsp3) is 0.364. The van der Waals surface area contributed by atoms with Crippen molar-refractivity contribution in [3.63, 3.8) is 0 Å². The van der Waals surface area contributed by atoms with Gasteiger partial charge in [0.05, 0.1) is 11.1 Å². The zero-order valence-electron chi connectivity index (χ0n) is 16.8. The molecule has 3 rings (SSSR count). The number of piperidine rings is 1. The van der Waals surface area contributed by atoms with Gasteiger partial charge < -0.3 is 16.4 Å². The molecule has 1 aliphatic rings. The number of primary amides is 1. The molecule has 1 saturated heterocycles. The van der Waals surface area contributed by atoms with Crippen molar-refractivity contribution in [1.29, 1.82) is 10.5 Å². The summed E-state index contributed by atoms with van der Waals surface area (Å²) in [5, 5.41) is 19.4. The van der Waals surface area contributed by atoms with Crippen LogP contribution in [0.1, 0.15) is 47.3 Å². The summed E-state index contributed by atoms with van der Waals surface area (Å²) in [4.78, 5) is 18.9. The van der Waals surface area contributed by atoms with Gasteiger partial charge in [-0.2, -0.15) is 10.5 Å². The molecule has 7 nitrogen and oxygen atoms in total. The molecule has 0 saturated carbocycles. The number of amides is 1. The van der Waals surface area contributed by atoms with Crippen LogP contribution < -0.4 is 16.4 Å². The minimum Gasteiger partial charge on any atom is -0.368 e. The summed E-state index contributed by atoms with van der Waals surface area (Å²) in [6.07, 6.45) is 2.33. The van der Waals surface area contributed by atoms with Crippen LogP contribution in [-0.2, 0) is 11.2 Å². The van der Waals surface area contributed by atoms with E-state index >= 15 is 0 Å². The number of carbonyl (C=O) groups excluding carboxylic acids is 1. The fourth-order valence-corrected chi connectivity index (χ4v) is 4.79. The standard InChI is InChI=1S/C22H24N6OS/c1-2-16-17(11-23)21(28-10-6-9-15(25)13-28)27-22(18(16)12-24)30-19(20(26)29)14-7-4-3-5-8-14/h3-5,7-8,15,19H,2,6,9-10,13,25H2,1H3,(H2,26,29)/t15-,19?/m1/s1. The van der Waals surface area contributed by atoms with Crippen LogP contribution >= 0.6 is 11.8 Å². The third-order valence-electron chi connectivity index (χ3n) is 5.17. The lowest BCUT2D eigenvalue weighted by molar-refractivity contribution is -0.117. The van der Waals surface area contributed by atoms with Gasteiger partial charge in [-0.15, -0.1) is 0 Å². The van der Waals surface area contributed by atoms with E-state index in [9.17, 15) is 15.3 Å². The zero-order valence-corrected chi connectivity index (χ0v) is 17.7. The number of carbonyl (C=O) groups is 1. The summed E-state index contributed by atoms with van der Waals surface area (Å²) in [6.45, 7) is 3.24. The highest BCUT2D eigenvalue weighted by Crippen LogP contribution is 2.39. The maximum atomic E-state index is 12.2. The largest absolute Gasteiger partial charge is 0.368 e. The molecule has 1 aromatic carbocycles. The third-order valence-corrected chi connectivity index (χ3v) is 6.43. The Bertz CT molecular complexity index is 1010. The number of aromatic nitrogens is 1. The number of nitriles is 2. The molecule has 8 heteroatoms. The van der Waals surface area contributed by atoms with E-state index in [4.69, 9.17) is 16.5 Å². The Morgan fingerprint density at radius 3 is 2.57 bits per heavy atom. The SMILES string of the molecule is CCc1c(C#N)c(SC(C(N)=O)c2ccccc2)nc(N2CCC[C@@H](N)C2)c1C#N. The van der Waals surface area contributed by atoms with E-state index in [1.165, 1.54) is 0 Å². The van der Waals surface area contributed by atoms with Crippen molar-refractivity contribution in [1.82, 2.24) is 4.98 Å². The van der Waals surface area contributed by atoms with Gasteiger partial charge in [0.25, 0.3) is 0 Å². The molecule has 2 atom stereocenters. The highest BCUT2D eigenvalue weighted by molar-refractivity contribution is 8.00. The van der Waals surface area contributed by atoms with Crippen LogP contribution in [0.5, 0.6) is 0 Å². The molecule has 30 heavy (non-hydrogen) atoms. The molecule has 2 heterocycles. The second kappa shape index (κ2) is 9.62. The van der Waals surface area contributed by atoms with E-state index < -0.39 is 11.2 Å². The average molecular weight is 421 g/mol. The topological polar surface area (TPSA) is 133 Å². The number of pyridine rings is 1. The Balaban J connectivity index is 2.13. The van der Waals surface area contributed by atoms with E-state index in [0.717, 1.165) is 36.7 Å². The summed E-state index contributed by atoms with van der Waals surface area (Å²) in [6, 6.07) is 13.6. The molecule has 1 unspecified atom stereocenters. The smallest absolute Gasteiger partial charge is 0.235 e. The van der Waals surface area contributed by atoms with E-state index in [-0.39, 0.29) is 6.04 Å². The van der Waals surface area contributed by atoms with E-state index in [2.05, 4.69) is 12.1 Å². The lowest BCUT2D eigenvalue weighted by atomic mass is 10.00. The lowest BCUT2D eigenvalue weighted by Crippen LogP contribution is -2.43. The summed E-state index contributed by atoms with van der Waals surface area (Å²) in [7, 11) is 0. The van der Waals surface area contributed by atoms with Gasteiger partial charge >= 0.3 is 0 Å². The Hall–Kier alpha value is -3.07. The van der Waals surface area contributed by atoms with Crippen molar-refractivity contribution < 1.29 is 4.79 Å². The van der Waals surface area contributed by atoms with Crippen LogP contribution in [0.4, 0.5) is 5.82 Å². The predicted octanol–water partition coefficient (Wildman–Crippen LogP) is 2.63. The van der Waals surface area contributed by atoms with Crippen molar-refractivity contribution >= 4 is 23.5 Å². The van der Waals surface area contributed by atoms with Crippen molar-refractivity contribution in [3.8, 4) is 12.1 Å². The van der Waals surface area contributed by atoms with Crippen LogP contribution in [0.3, 0.4) is 0 Å². The Kier molecular flexibility index (Phi) is 6.94. The molecule has 0 bridgehead atoms. The summed E-state index contributed by atoms with van der Waals surface area (Å²) < 4.78 is 0. The predicted molar refractivity (Wildman–Crippen MR) is 117 cm³/mol. The highest BCUT2D eigenvalue weighted by atomic mass is 32.2. The maximum Gasteiger partial charge on any atom is 0.235 e. The molecule has 4 N–H and O–H groups in total. The normalized spacial score (nSPS) is 17.1. The molecule has 1 amide bonds. The molecular weight excluding hydrogens is 396 g/mol. The van der Waals surface area contributed by atoms with Gasteiger partial charge in [-0.25, -0.2) is 4.98 Å². The first-order valence-corrected chi connectivity index (χ1v) is 10.8. The van der Waals surface area contributed by atoms with Crippen molar-refractivity contribution in [3.05, 3.63) is 52.6 Å². The molecule has 0 aliphatic carbocycles. The van der Waals surface area contributed by atoms with Gasteiger partial charge in [-0.05, 0) is 30.4 Å². The van der Waals surface area contributed by atoms with E-state index in [1.807, 2.05) is 42.2 Å². The molecule has 1 fully saturated rings. The Morgan fingerprint density at radius 2 is 2.00 bits per heavy atom. The van der Waals surface area contributed by atoms with Crippen LogP contribution in [0.2, 0.25) is 0 Å². The van der Waals surface area contributed by atoms with Crippen LogP contribution in [-0.4, -0.2) is 30.0 Å². The molecule has 2 aromatic rings. The molecule has 1 aromatic heterocycles. The van der Waals surface area contributed by atoms with E-state index in [0.29, 0.717) is 40.5 Å². The number of nitrogens with zero attached hydrogens (tertiary/aromatic N) is 4. The minimum atomic E-state index is -0.695. The number of hydrogen-bond donors (Lipinski definition) is 2. The van der Waals surface area contributed by atoms with Crippen molar-refractivity contribution in [2.45, 2.75) is 42.5 Å². The second-order valence-electron chi connectivity index (χ2n) is 7.21. The molecular formula is C22H24N6OS. The summed E-state index contributed by atoms with van der Waals surface area (Å²) in [5.74, 6) is 0.0168. The molecule has 0 spiro atoms. The number of anilines is 1. The van der Waals surface area contributed by atoms with Crippen molar-refractivity contribution in [2.75, 3.05) is 18.0 Å². The molecule has 154 valence electrons. The van der Waals surface area contributed by atoms with Gasteiger partial charge in [0.15, 0.2) is 0 Å². The first-order valence-electron chi connectivity index (χ1n) is 9.88. The van der Waals surface area contributed by atoms with Crippen LogP contribution in [0.25, 0.3) is 0 Å². The van der Waals surface area contributed by atoms with Gasteiger partial charge in [0.2, 0.25) is 5.91 Å². The summed E-state index contributed by atoms with van der Waals surface area (Å²) >= 11 is 1.15. The van der Waals surface area contributed by atoms with Gasteiger partial charge in [-0.3, -0.25) is 4.79 Å². The van der Waals surface area contributed by atoms with Gasteiger partial charge in [0, 0.05) is 19.1 Å². The minimum absolute atomic E-state index is 0.00611. The first-order chi connectivity index (χ1) is 14.5. The zero-order chi connectivity index (χ0) is 21.7. The van der Waals surface area contributed by atoms with Gasteiger partial charge in [-0.1, -0.05) is 49.0 Å². The Labute approximate surface area is 180 Å². The number of thioether (sulfide) groups is 1. The average Bonchev–Trinajstić information content (AvgIpc) is 2.76. The first kappa shape index (κ1) is 21.6. The fourth-order valence-electron chi connectivity index (χ4n) is 3.73. The molecule has 0 radical (unpaired) electrons. The van der Waals surface area contributed by atoms with E-state index in [1.54, 1.807) is 0 Å². The second-order valence-corrected chi connectivity index (χ2v) is 8.30. The quantitative estimate of drug-likeness (QED) is 0.686. The lowest BCUT2D eigenvalue weighted by Gasteiger charge is -2.33. The Morgan fingerprint density at radius 1 is 1.30 bits per heavy atom. The monoisotopic (exact) mass is 420 g/mol. The van der Waals surface area contributed by atoms with Gasteiger partial charge in [0.1, 0.15) is 28.2 Å². The van der Waals surface area contributed by atoms with Crippen LogP contribution in [0, 0.1) is 22.7 Å². The summed E-state index contributed by atoms with van der Waals surface area (Å²) in [5.41, 5.74) is 13.9. The number of rotatable bonds is 6.